The normalized spacial score (nSPS) is 23.9. The van der Waals surface area contributed by atoms with E-state index in [2.05, 4.69) is 10.6 Å². The third-order valence-electron chi connectivity index (χ3n) is 4.27. The fourth-order valence-corrected chi connectivity index (χ4v) is 3.07. The quantitative estimate of drug-likeness (QED) is 0.791. The fraction of sp³-hybridized carbons (Fsp3) is 0.867. The number of piperidine rings is 1. The maximum absolute atomic E-state index is 12.2. The van der Waals surface area contributed by atoms with Crippen molar-refractivity contribution in [1.82, 2.24) is 15.5 Å². The molecule has 5 heteroatoms. The van der Waals surface area contributed by atoms with Crippen LogP contribution in [0.3, 0.4) is 0 Å². The number of amides is 2. The van der Waals surface area contributed by atoms with Crippen molar-refractivity contribution in [2.24, 2.45) is 0 Å². The van der Waals surface area contributed by atoms with Gasteiger partial charge in [0.05, 0.1) is 0 Å². The maximum atomic E-state index is 12.2. The number of likely N-dealkylation sites (tertiary alicyclic amines) is 1. The van der Waals surface area contributed by atoms with Crippen LogP contribution in [0.15, 0.2) is 0 Å². The summed E-state index contributed by atoms with van der Waals surface area (Å²) >= 11 is 0. The Morgan fingerprint density at radius 2 is 2.00 bits per heavy atom. The third-order valence-corrected chi connectivity index (χ3v) is 4.27. The zero-order valence-electron chi connectivity index (χ0n) is 12.5. The molecule has 0 aromatic carbocycles. The molecule has 0 aromatic rings. The molecule has 2 rings (SSSR count). The summed E-state index contributed by atoms with van der Waals surface area (Å²) in [7, 11) is 0. The average molecular weight is 281 g/mol. The first-order valence-electron chi connectivity index (χ1n) is 7.99. The van der Waals surface area contributed by atoms with Crippen molar-refractivity contribution >= 4 is 11.8 Å². The molecular formula is C15H27N3O2. The first-order chi connectivity index (χ1) is 9.69. The molecule has 2 aliphatic rings. The van der Waals surface area contributed by atoms with E-state index in [9.17, 15) is 9.59 Å². The Kier molecular flexibility index (Phi) is 5.83. The lowest BCUT2D eigenvalue weighted by atomic mass is 10.0. The van der Waals surface area contributed by atoms with Gasteiger partial charge in [-0.05, 0) is 38.6 Å². The maximum Gasteiger partial charge on any atom is 0.224 e. The number of nitrogens with zero attached hydrogens (tertiary/aromatic N) is 1. The Morgan fingerprint density at radius 1 is 1.25 bits per heavy atom. The molecule has 0 aromatic heterocycles. The van der Waals surface area contributed by atoms with E-state index in [1.54, 1.807) is 0 Å². The summed E-state index contributed by atoms with van der Waals surface area (Å²) in [6.07, 6.45) is 6.20. The first kappa shape index (κ1) is 15.3. The number of hydrogen-bond acceptors (Lipinski definition) is 3. The standard InChI is InChI=1S/C15H27N3O2/c1-2-4-14(19)17-12-6-9-18(10-7-12)15(20)11-13-5-3-8-16-13/h12-13,16H,2-11H2,1H3,(H,17,19). The van der Waals surface area contributed by atoms with Gasteiger partial charge in [-0.2, -0.15) is 0 Å². The van der Waals surface area contributed by atoms with E-state index in [1.165, 1.54) is 6.42 Å². The molecule has 2 N–H and O–H groups in total. The predicted octanol–water partition coefficient (Wildman–Crippen LogP) is 1.04. The van der Waals surface area contributed by atoms with Gasteiger partial charge in [0.2, 0.25) is 11.8 Å². The van der Waals surface area contributed by atoms with Crippen molar-refractivity contribution in [2.45, 2.75) is 64.0 Å². The van der Waals surface area contributed by atoms with Gasteiger partial charge in [0.1, 0.15) is 0 Å². The highest BCUT2D eigenvalue weighted by molar-refractivity contribution is 5.77. The minimum atomic E-state index is 0.146. The molecule has 0 saturated carbocycles. The van der Waals surface area contributed by atoms with Crippen molar-refractivity contribution in [3.05, 3.63) is 0 Å². The minimum absolute atomic E-state index is 0.146. The Morgan fingerprint density at radius 3 is 2.60 bits per heavy atom. The number of carbonyl (C=O) groups excluding carboxylic acids is 2. The Hall–Kier alpha value is -1.10. The van der Waals surface area contributed by atoms with Crippen molar-refractivity contribution in [2.75, 3.05) is 19.6 Å². The van der Waals surface area contributed by atoms with Crippen LogP contribution < -0.4 is 10.6 Å². The summed E-state index contributed by atoms with van der Waals surface area (Å²) in [5.41, 5.74) is 0. The van der Waals surface area contributed by atoms with Gasteiger partial charge in [-0.3, -0.25) is 9.59 Å². The van der Waals surface area contributed by atoms with Crippen molar-refractivity contribution in [1.29, 1.82) is 0 Å². The van der Waals surface area contributed by atoms with Crippen LogP contribution in [0.4, 0.5) is 0 Å². The van der Waals surface area contributed by atoms with E-state index in [1.807, 2.05) is 11.8 Å². The van der Waals surface area contributed by atoms with Crippen LogP contribution in [-0.2, 0) is 9.59 Å². The van der Waals surface area contributed by atoms with E-state index in [4.69, 9.17) is 0 Å². The average Bonchev–Trinajstić information content (AvgIpc) is 2.92. The molecule has 0 spiro atoms. The summed E-state index contributed by atoms with van der Waals surface area (Å²) in [5, 5.41) is 6.43. The van der Waals surface area contributed by atoms with Crippen molar-refractivity contribution < 1.29 is 9.59 Å². The van der Waals surface area contributed by atoms with Crippen LogP contribution in [0.1, 0.15) is 51.9 Å². The van der Waals surface area contributed by atoms with Crippen LogP contribution in [0.2, 0.25) is 0 Å². The third kappa shape index (κ3) is 4.47. The second kappa shape index (κ2) is 7.62. The van der Waals surface area contributed by atoms with Gasteiger partial charge in [-0.15, -0.1) is 0 Å². The number of nitrogens with one attached hydrogen (secondary N) is 2. The Balaban J connectivity index is 1.67. The smallest absolute Gasteiger partial charge is 0.224 e. The lowest BCUT2D eigenvalue weighted by Gasteiger charge is -2.33. The molecule has 0 bridgehead atoms. The minimum Gasteiger partial charge on any atom is -0.353 e. The largest absolute Gasteiger partial charge is 0.353 e. The summed E-state index contributed by atoms with van der Waals surface area (Å²) in [4.78, 5) is 25.7. The van der Waals surface area contributed by atoms with Gasteiger partial charge in [0.15, 0.2) is 0 Å². The van der Waals surface area contributed by atoms with E-state index in [0.29, 0.717) is 18.9 Å². The highest BCUT2D eigenvalue weighted by atomic mass is 16.2. The molecule has 1 atom stereocenters. The summed E-state index contributed by atoms with van der Waals surface area (Å²) < 4.78 is 0. The zero-order valence-corrected chi connectivity index (χ0v) is 12.5. The Labute approximate surface area is 121 Å². The number of carbonyl (C=O) groups is 2. The van der Waals surface area contributed by atoms with E-state index >= 15 is 0 Å². The number of rotatable bonds is 5. The molecule has 2 saturated heterocycles. The summed E-state index contributed by atoms with van der Waals surface area (Å²) in [6, 6.07) is 0.632. The molecule has 2 fully saturated rings. The fourth-order valence-electron chi connectivity index (χ4n) is 3.07. The molecule has 1 unspecified atom stereocenters. The number of hydrogen-bond donors (Lipinski definition) is 2. The van der Waals surface area contributed by atoms with Crippen LogP contribution in [0, 0.1) is 0 Å². The summed E-state index contributed by atoms with van der Waals surface area (Å²) in [6.45, 7) is 4.62. The molecule has 2 amide bonds. The second-order valence-corrected chi connectivity index (χ2v) is 5.97. The van der Waals surface area contributed by atoms with Crippen molar-refractivity contribution in [3.63, 3.8) is 0 Å². The first-order valence-corrected chi connectivity index (χ1v) is 7.99. The van der Waals surface area contributed by atoms with Crippen LogP contribution in [0.5, 0.6) is 0 Å². The van der Waals surface area contributed by atoms with Crippen LogP contribution in [0.25, 0.3) is 0 Å². The highest BCUT2D eigenvalue weighted by Gasteiger charge is 2.26. The van der Waals surface area contributed by atoms with Crippen molar-refractivity contribution in [3.8, 4) is 0 Å². The van der Waals surface area contributed by atoms with Gasteiger partial charge in [0.25, 0.3) is 0 Å². The molecular weight excluding hydrogens is 254 g/mol. The van der Waals surface area contributed by atoms with E-state index in [0.717, 1.165) is 45.3 Å². The van der Waals surface area contributed by atoms with Gasteiger partial charge >= 0.3 is 0 Å². The van der Waals surface area contributed by atoms with Gasteiger partial charge in [0, 0.05) is 38.0 Å². The lowest BCUT2D eigenvalue weighted by Crippen LogP contribution is -2.47. The zero-order chi connectivity index (χ0) is 14.4. The van der Waals surface area contributed by atoms with Gasteiger partial charge < -0.3 is 15.5 Å². The second-order valence-electron chi connectivity index (χ2n) is 5.97. The SMILES string of the molecule is CCCC(=O)NC1CCN(C(=O)CC2CCCN2)CC1. The molecule has 2 heterocycles. The van der Waals surface area contributed by atoms with E-state index in [-0.39, 0.29) is 17.9 Å². The Bertz CT molecular complexity index is 332. The van der Waals surface area contributed by atoms with Gasteiger partial charge in [-0.25, -0.2) is 0 Å². The highest BCUT2D eigenvalue weighted by Crippen LogP contribution is 2.15. The van der Waals surface area contributed by atoms with Gasteiger partial charge in [-0.1, -0.05) is 6.92 Å². The molecule has 5 nitrogen and oxygen atoms in total. The molecule has 20 heavy (non-hydrogen) atoms. The molecule has 0 aliphatic carbocycles. The molecule has 2 aliphatic heterocycles. The lowest BCUT2D eigenvalue weighted by molar-refractivity contribution is -0.132. The molecule has 0 radical (unpaired) electrons. The van der Waals surface area contributed by atoms with Crippen LogP contribution >= 0.6 is 0 Å². The van der Waals surface area contributed by atoms with Crippen LogP contribution in [-0.4, -0.2) is 48.4 Å². The molecule has 114 valence electrons. The summed E-state index contributed by atoms with van der Waals surface area (Å²) in [5.74, 6) is 0.412. The predicted molar refractivity (Wildman–Crippen MR) is 78.3 cm³/mol. The monoisotopic (exact) mass is 281 g/mol. The topological polar surface area (TPSA) is 61.4 Å². The van der Waals surface area contributed by atoms with E-state index < -0.39 is 0 Å².